The quantitative estimate of drug-likeness (QED) is 0.944. The Bertz CT molecular complexity index is 620. The Labute approximate surface area is 118 Å². The number of hydrogen-bond acceptors (Lipinski definition) is 3. The maximum absolute atomic E-state index is 12.0. The number of carbonyl (C=O) groups excluding carboxylic acids is 1. The molecule has 112 valence electrons. The van der Waals surface area contributed by atoms with Gasteiger partial charge >= 0.3 is 6.36 Å². The minimum atomic E-state index is -4.74. The molecule has 8 heteroatoms. The highest BCUT2D eigenvalue weighted by Crippen LogP contribution is 2.24. The van der Waals surface area contributed by atoms with Crippen LogP contribution in [0, 0.1) is 0 Å². The molecule has 1 heterocycles. The van der Waals surface area contributed by atoms with Gasteiger partial charge in [0.1, 0.15) is 5.75 Å². The second-order valence-corrected chi connectivity index (χ2v) is 4.08. The summed E-state index contributed by atoms with van der Waals surface area (Å²) in [5.41, 5.74) is 0.577. The summed E-state index contributed by atoms with van der Waals surface area (Å²) in [7, 11) is 0. The zero-order chi connectivity index (χ0) is 15.5. The lowest BCUT2D eigenvalue weighted by molar-refractivity contribution is -0.274. The Morgan fingerprint density at radius 2 is 1.95 bits per heavy atom. The first-order valence-corrected chi connectivity index (χ1v) is 6.08. The number of hydrogen-bond donors (Lipinski definition) is 1. The standard InChI is InChI=1S/C13H12F3N3O2/c1-2-19-8-7-11(18-19)12(20)17-9-3-5-10(6-4-9)21-13(14,15)16/h3-8H,2H2,1H3,(H,17,20). The van der Waals surface area contributed by atoms with Gasteiger partial charge < -0.3 is 10.1 Å². The third-order valence-corrected chi connectivity index (χ3v) is 2.54. The summed E-state index contributed by atoms with van der Waals surface area (Å²) in [6.07, 6.45) is -3.08. The van der Waals surface area contributed by atoms with Crippen LogP contribution in [0.15, 0.2) is 36.5 Å². The average Bonchev–Trinajstić information content (AvgIpc) is 2.88. The summed E-state index contributed by atoms with van der Waals surface area (Å²) < 4.78 is 41.3. The van der Waals surface area contributed by atoms with E-state index in [9.17, 15) is 18.0 Å². The van der Waals surface area contributed by atoms with Crippen molar-refractivity contribution in [2.24, 2.45) is 0 Å². The lowest BCUT2D eigenvalue weighted by Crippen LogP contribution is -2.17. The first-order valence-electron chi connectivity index (χ1n) is 6.08. The van der Waals surface area contributed by atoms with Gasteiger partial charge in [0.05, 0.1) is 0 Å². The van der Waals surface area contributed by atoms with Gasteiger partial charge in [0.15, 0.2) is 5.69 Å². The predicted octanol–water partition coefficient (Wildman–Crippen LogP) is 3.05. The number of aryl methyl sites for hydroxylation is 1. The van der Waals surface area contributed by atoms with Crippen molar-refractivity contribution >= 4 is 11.6 Å². The van der Waals surface area contributed by atoms with Crippen molar-refractivity contribution in [2.45, 2.75) is 19.8 Å². The van der Waals surface area contributed by atoms with Crippen molar-refractivity contribution in [3.8, 4) is 5.75 Å². The fourth-order valence-electron chi connectivity index (χ4n) is 1.59. The van der Waals surface area contributed by atoms with E-state index in [-0.39, 0.29) is 11.4 Å². The molecule has 0 saturated carbocycles. The largest absolute Gasteiger partial charge is 0.573 e. The van der Waals surface area contributed by atoms with E-state index in [0.29, 0.717) is 12.2 Å². The Balaban J connectivity index is 2.01. The number of ether oxygens (including phenoxy) is 1. The van der Waals surface area contributed by atoms with Crippen molar-refractivity contribution in [1.82, 2.24) is 9.78 Å². The average molecular weight is 299 g/mol. The number of alkyl halides is 3. The molecule has 21 heavy (non-hydrogen) atoms. The topological polar surface area (TPSA) is 56.2 Å². The van der Waals surface area contributed by atoms with Crippen LogP contribution in [-0.4, -0.2) is 22.1 Å². The van der Waals surface area contributed by atoms with E-state index in [1.54, 1.807) is 16.9 Å². The highest BCUT2D eigenvalue weighted by Gasteiger charge is 2.30. The normalized spacial score (nSPS) is 11.2. The SMILES string of the molecule is CCn1ccc(C(=O)Nc2ccc(OC(F)(F)F)cc2)n1. The van der Waals surface area contributed by atoms with Gasteiger partial charge in [0.2, 0.25) is 0 Å². The number of nitrogens with zero attached hydrogens (tertiary/aromatic N) is 2. The van der Waals surface area contributed by atoms with Crippen molar-refractivity contribution in [1.29, 1.82) is 0 Å². The Kier molecular flexibility index (Phi) is 4.15. The summed E-state index contributed by atoms with van der Waals surface area (Å²) in [6.45, 7) is 2.52. The molecule has 1 aromatic heterocycles. The van der Waals surface area contributed by atoms with Crippen LogP contribution in [0.3, 0.4) is 0 Å². The molecule has 2 aromatic rings. The van der Waals surface area contributed by atoms with Crippen LogP contribution < -0.4 is 10.1 Å². The molecule has 0 aliphatic rings. The summed E-state index contributed by atoms with van der Waals surface area (Å²) in [6, 6.07) is 6.42. The van der Waals surface area contributed by atoms with E-state index < -0.39 is 12.3 Å². The molecule has 0 atom stereocenters. The van der Waals surface area contributed by atoms with Crippen LogP contribution in [0.2, 0.25) is 0 Å². The molecular formula is C13H12F3N3O2. The third kappa shape index (κ3) is 4.23. The molecule has 1 aromatic carbocycles. The molecule has 1 N–H and O–H groups in total. The highest BCUT2D eigenvalue weighted by molar-refractivity contribution is 6.02. The lowest BCUT2D eigenvalue weighted by atomic mass is 10.3. The van der Waals surface area contributed by atoms with Gasteiger partial charge in [-0.3, -0.25) is 9.48 Å². The summed E-state index contributed by atoms with van der Waals surface area (Å²) >= 11 is 0. The molecule has 2 rings (SSSR count). The fourth-order valence-corrected chi connectivity index (χ4v) is 1.59. The Morgan fingerprint density at radius 3 is 2.48 bits per heavy atom. The van der Waals surface area contributed by atoms with Gasteiger partial charge in [0, 0.05) is 18.4 Å². The number of amides is 1. The molecule has 0 radical (unpaired) electrons. The number of carbonyl (C=O) groups is 1. The Morgan fingerprint density at radius 1 is 1.29 bits per heavy atom. The lowest BCUT2D eigenvalue weighted by Gasteiger charge is -2.09. The van der Waals surface area contributed by atoms with Gasteiger partial charge in [0.25, 0.3) is 5.91 Å². The summed E-state index contributed by atoms with van der Waals surface area (Å²) in [4.78, 5) is 11.9. The van der Waals surface area contributed by atoms with E-state index in [0.717, 1.165) is 12.1 Å². The Hall–Kier alpha value is -2.51. The maximum atomic E-state index is 12.0. The molecule has 0 bridgehead atoms. The van der Waals surface area contributed by atoms with E-state index in [4.69, 9.17) is 0 Å². The predicted molar refractivity (Wildman–Crippen MR) is 69.0 cm³/mol. The van der Waals surface area contributed by atoms with Crippen LogP contribution in [0.4, 0.5) is 18.9 Å². The minimum Gasteiger partial charge on any atom is -0.406 e. The monoisotopic (exact) mass is 299 g/mol. The smallest absolute Gasteiger partial charge is 0.406 e. The van der Waals surface area contributed by atoms with Crippen LogP contribution in [0.1, 0.15) is 17.4 Å². The molecule has 0 unspecified atom stereocenters. The van der Waals surface area contributed by atoms with E-state index in [2.05, 4.69) is 15.2 Å². The number of nitrogens with one attached hydrogen (secondary N) is 1. The molecule has 0 saturated heterocycles. The molecule has 5 nitrogen and oxygen atoms in total. The zero-order valence-corrected chi connectivity index (χ0v) is 11.0. The van der Waals surface area contributed by atoms with Crippen molar-refractivity contribution < 1.29 is 22.7 Å². The summed E-state index contributed by atoms with van der Waals surface area (Å²) in [5, 5.41) is 6.56. The molecule has 0 aliphatic heterocycles. The molecule has 0 spiro atoms. The zero-order valence-electron chi connectivity index (χ0n) is 11.0. The second kappa shape index (κ2) is 5.86. The molecular weight excluding hydrogens is 287 g/mol. The van der Waals surface area contributed by atoms with Gasteiger partial charge in [-0.05, 0) is 37.3 Å². The van der Waals surface area contributed by atoms with Crippen LogP contribution in [0.5, 0.6) is 5.75 Å². The second-order valence-electron chi connectivity index (χ2n) is 4.08. The van der Waals surface area contributed by atoms with Gasteiger partial charge in [-0.15, -0.1) is 13.2 Å². The summed E-state index contributed by atoms with van der Waals surface area (Å²) in [5.74, 6) is -0.789. The number of rotatable bonds is 4. The van der Waals surface area contributed by atoms with Gasteiger partial charge in [-0.1, -0.05) is 0 Å². The van der Waals surface area contributed by atoms with Crippen LogP contribution in [0.25, 0.3) is 0 Å². The van der Waals surface area contributed by atoms with Crippen molar-refractivity contribution in [3.63, 3.8) is 0 Å². The van der Waals surface area contributed by atoms with Gasteiger partial charge in [-0.2, -0.15) is 5.10 Å². The van der Waals surface area contributed by atoms with E-state index >= 15 is 0 Å². The molecule has 0 fully saturated rings. The number of aromatic nitrogens is 2. The van der Waals surface area contributed by atoms with E-state index in [1.807, 2.05) is 6.92 Å². The molecule has 0 aliphatic carbocycles. The van der Waals surface area contributed by atoms with Crippen molar-refractivity contribution in [2.75, 3.05) is 5.32 Å². The number of benzene rings is 1. The van der Waals surface area contributed by atoms with E-state index in [1.165, 1.54) is 12.1 Å². The van der Waals surface area contributed by atoms with Crippen molar-refractivity contribution in [3.05, 3.63) is 42.2 Å². The first kappa shape index (κ1) is 14.9. The third-order valence-electron chi connectivity index (χ3n) is 2.54. The molecule has 1 amide bonds. The minimum absolute atomic E-state index is 0.229. The van der Waals surface area contributed by atoms with Gasteiger partial charge in [-0.25, -0.2) is 0 Å². The van der Waals surface area contributed by atoms with Crippen LogP contribution in [-0.2, 0) is 6.54 Å². The first-order chi connectivity index (χ1) is 9.87. The number of halogens is 3. The highest BCUT2D eigenvalue weighted by atomic mass is 19.4. The van der Waals surface area contributed by atoms with Crippen LogP contribution >= 0.6 is 0 Å². The maximum Gasteiger partial charge on any atom is 0.573 e. The fraction of sp³-hybridized carbons (Fsp3) is 0.231. The number of anilines is 1.